The maximum absolute atomic E-state index is 9.81. The van der Waals surface area contributed by atoms with Gasteiger partial charge >= 0.3 is 17.9 Å². The van der Waals surface area contributed by atoms with E-state index in [0.29, 0.717) is 0 Å². The van der Waals surface area contributed by atoms with E-state index in [-0.39, 0.29) is 77.9 Å². The Morgan fingerprint density at radius 2 is 0.727 bits per heavy atom. The molecule has 0 aliphatic carbocycles. The average molecular weight is 451 g/mol. The summed E-state index contributed by atoms with van der Waals surface area (Å²) >= 11 is 0. The molecule has 0 aromatic rings. The number of carbonyl (C=O) groups is 3. The van der Waals surface area contributed by atoms with E-state index >= 15 is 0 Å². The molecule has 0 radical (unpaired) electrons. The fourth-order valence-electron chi connectivity index (χ4n) is 1.05. The Morgan fingerprint density at radius 1 is 0.591 bits per heavy atom. The molecule has 0 fully saturated rings. The van der Waals surface area contributed by atoms with E-state index in [1.165, 1.54) is 0 Å². The first-order chi connectivity index (χ1) is 9.38. The van der Waals surface area contributed by atoms with Crippen molar-refractivity contribution in [1.82, 2.24) is 0 Å². The molecule has 7 heteroatoms. The molecule has 0 saturated heterocycles. The van der Waals surface area contributed by atoms with Crippen molar-refractivity contribution in [2.45, 2.75) is 60.8 Å². The summed E-state index contributed by atoms with van der Waals surface area (Å²) < 4.78 is 0. The Bertz CT molecular complexity index is 253. The monoisotopic (exact) mass is 448 g/mol. The van der Waals surface area contributed by atoms with Crippen molar-refractivity contribution in [3.63, 3.8) is 0 Å². The van der Waals surface area contributed by atoms with Crippen LogP contribution in [0.5, 0.6) is 0 Å². The average Bonchev–Trinajstić information content (AvgIpc) is 2.10. The molecule has 0 heterocycles. The van der Waals surface area contributed by atoms with Gasteiger partial charge in [0.25, 0.3) is 0 Å². The molecule has 0 aliphatic rings. The van der Waals surface area contributed by atoms with Gasteiger partial charge in [0.05, 0.1) is 0 Å². The first kappa shape index (κ1) is 29.7. The van der Waals surface area contributed by atoms with Gasteiger partial charge in [0, 0.05) is 60.1 Å². The van der Waals surface area contributed by atoms with Crippen LogP contribution in [0.4, 0.5) is 0 Å². The normalized spacial score (nSPS) is 9.14. The summed E-state index contributed by atoms with van der Waals surface area (Å²) in [7, 11) is 0. The van der Waals surface area contributed by atoms with Crippen LogP contribution >= 0.6 is 0 Å². The number of hydrogen-bond donors (Lipinski definition) is 3. The Labute approximate surface area is 166 Å². The number of aliphatic carboxylic acids is 3. The third-order valence-electron chi connectivity index (χ3n) is 1.75. The number of carboxylic acid groups (broad SMARTS) is 3. The van der Waals surface area contributed by atoms with E-state index in [0.717, 1.165) is 0 Å². The van der Waals surface area contributed by atoms with Crippen molar-refractivity contribution in [1.29, 1.82) is 0 Å². The van der Waals surface area contributed by atoms with E-state index in [9.17, 15) is 14.4 Å². The summed E-state index contributed by atoms with van der Waals surface area (Å²) in [6.07, 6.45) is 0.833. The van der Waals surface area contributed by atoms with Gasteiger partial charge in [-0.25, -0.2) is 0 Å². The predicted molar refractivity (Wildman–Crippen MR) is 81.3 cm³/mol. The third kappa shape index (κ3) is 50.3. The molecule has 6 nitrogen and oxygen atoms in total. The minimum Gasteiger partial charge on any atom is -0.481 e. The van der Waals surface area contributed by atoms with Gasteiger partial charge in [0.15, 0.2) is 0 Å². The van der Waals surface area contributed by atoms with E-state index in [2.05, 4.69) is 0 Å². The van der Waals surface area contributed by atoms with Crippen molar-refractivity contribution < 1.29 is 70.5 Å². The summed E-state index contributed by atoms with van der Waals surface area (Å²) in [5, 5.41) is 24.3. The van der Waals surface area contributed by atoms with Gasteiger partial charge in [-0.05, 0) is 17.8 Å². The van der Waals surface area contributed by atoms with E-state index < -0.39 is 17.9 Å². The Kier molecular flexibility index (Phi) is 25.4. The molecule has 3 N–H and O–H groups in total. The van der Waals surface area contributed by atoms with Gasteiger partial charge in [-0.2, -0.15) is 0 Å². The van der Waals surface area contributed by atoms with Gasteiger partial charge in [0.1, 0.15) is 0 Å². The smallest absolute Gasteiger partial charge is 0.303 e. The SMILES string of the molecule is CC(C)CC(=O)O.CC(C)CC(=O)O.CC(C)CC(=O)O.[Nd]. The second-order valence-electron chi connectivity index (χ2n) is 5.98. The topological polar surface area (TPSA) is 112 Å². The van der Waals surface area contributed by atoms with Crippen molar-refractivity contribution in [2.75, 3.05) is 0 Å². The zero-order chi connectivity index (χ0) is 17.6. The molecule has 0 aliphatic heterocycles. The molecule has 130 valence electrons. The molecule has 0 aromatic carbocycles. The molecule has 0 amide bonds. The van der Waals surface area contributed by atoms with Crippen LogP contribution in [0.25, 0.3) is 0 Å². The zero-order valence-electron chi connectivity index (χ0n) is 14.4. The van der Waals surface area contributed by atoms with Gasteiger partial charge in [-0.3, -0.25) is 14.4 Å². The van der Waals surface area contributed by atoms with Crippen molar-refractivity contribution in [3.05, 3.63) is 0 Å². The van der Waals surface area contributed by atoms with Gasteiger partial charge < -0.3 is 15.3 Å². The quantitative estimate of drug-likeness (QED) is 0.572. The van der Waals surface area contributed by atoms with Crippen LogP contribution in [0.1, 0.15) is 60.8 Å². The van der Waals surface area contributed by atoms with Gasteiger partial charge in [-0.15, -0.1) is 0 Å². The molecule has 0 saturated carbocycles. The van der Waals surface area contributed by atoms with Crippen LogP contribution in [-0.2, 0) is 14.4 Å². The molecular weight excluding hydrogens is 420 g/mol. The fourth-order valence-corrected chi connectivity index (χ4v) is 1.05. The Balaban J connectivity index is -0.000000108. The van der Waals surface area contributed by atoms with Crippen LogP contribution < -0.4 is 0 Å². The molecule has 22 heavy (non-hydrogen) atoms. The van der Waals surface area contributed by atoms with E-state index in [1.807, 2.05) is 41.5 Å². The second-order valence-corrected chi connectivity index (χ2v) is 5.98. The maximum Gasteiger partial charge on any atom is 0.303 e. The number of carboxylic acids is 3. The van der Waals surface area contributed by atoms with Crippen molar-refractivity contribution in [2.24, 2.45) is 17.8 Å². The largest absolute Gasteiger partial charge is 0.481 e. The molecular formula is C15H30NdO6. The molecule has 0 unspecified atom stereocenters. The summed E-state index contributed by atoms with van der Waals surface area (Å²) in [4.78, 5) is 29.4. The minimum atomic E-state index is -0.713. The first-order valence-electron chi connectivity index (χ1n) is 7.03. The van der Waals surface area contributed by atoms with Gasteiger partial charge in [-0.1, -0.05) is 41.5 Å². The van der Waals surface area contributed by atoms with E-state index in [4.69, 9.17) is 15.3 Å². The summed E-state index contributed by atoms with van der Waals surface area (Å²) in [6, 6.07) is 0. The molecule has 0 atom stereocenters. The van der Waals surface area contributed by atoms with Crippen LogP contribution in [0, 0.1) is 58.6 Å². The maximum atomic E-state index is 9.81. The number of rotatable bonds is 6. The van der Waals surface area contributed by atoms with Crippen LogP contribution in [0.15, 0.2) is 0 Å². The Hall–Kier alpha value is -0.239. The predicted octanol–water partition coefficient (Wildman–Crippen LogP) is 3.35. The first-order valence-corrected chi connectivity index (χ1v) is 7.03. The summed E-state index contributed by atoms with van der Waals surface area (Å²) in [6.45, 7) is 11.3. The molecule has 0 spiro atoms. The Morgan fingerprint density at radius 3 is 0.727 bits per heavy atom. The molecule has 0 aromatic heterocycles. The standard InChI is InChI=1S/3C5H10O2.Nd/c3*1-4(2)3-5(6)7;/h3*4H,3H2,1-2H3,(H,6,7);. The van der Waals surface area contributed by atoms with Crippen LogP contribution in [0.2, 0.25) is 0 Å². The van der Waals surface area contributed by atoms with Crippen LogP contribution in [0.3, 0.4) is 0 Å². The zero-order valence-corrected chi connectivity index (χ0v) is 17.6. The third-order valence-corrected chi connectivity index (χ3v) is 1.75. The second kappa shape index (κ2) is 18.8. The van der Waals surface area contributed by atoms with Crippen molar-refractivity contribution in [3.8, 4) is 0 Å². The van der Waals surface area contributed by atoms with E-state index in [1.54, 1.807) is 0 Å². The molecule has 0 bridgehead atoms. The van der Waals surface area contributed by atoms with Gasteiger partial charge in [0.2, 0.25) is 0 Å². The van der Waals surface area contributed by atoms with Crippen LogP contribution in [-0.4, -0.2) is 33.2 Å². The summed E-state index contributed by atoms with van der Waals surface area (Å²) in [5.74, 6) is -1.31. The minimum absolute atomic E-state index is 0. The van der Waals surface area contributed by atoms with Crippen molar-refractivity contribution >= 4 is 17.9 Å². The fraction of sp³-hybridized carbons (Fsp3) is 0.800. The number of hydrogen-bond acceptors (Lipinski definition) is 3. The summed E-state index contributed by atoms with van der Waals surface area (Å²) in [5.41, 5.74) is 0. The molecule has 0 rings (SSSR count).